The van der Waals surface area contributed by atoms with E-state index < -0.39 is 10.0 Å². The van der Waals surface area contributed by atoms with Crippen LogP contribution in [0.15, 0.2) is 41.4 Å². The molecular weight excluding hydrogens is 286 g/mol. The number of hydrogen-bond donors (Lipinski definition) is 0. The van der Waals surface area contributed by atoms with Crippen molar-refractivity contribution in [1.29, 1.82) is 0 Å². The molecule has 4 nitrogen and oxygen atoms in total. The van der Waals surface area contributed by atoms with Crippen molar-refractivity contribution in [2.75, 3.05) is 7.11 Å². The van der Waals surface area contributed by atoms with Crippen LogP contribution >= 0.6 is 0 Å². The topological polar surface area (TPSA) is 48.3 Å². The zero-order valence-corrected chi connectivity index (χ0v) is 13.1. The summed E-state index contributed by atoms with van der Waals surface area (Å²) in [6.45, 7) is 1.94. The van der Waals surface area contributed by atoms with Gasteiger partial charge < -0.3 is 4.74 Å². The molecule has 1 aromatic heterocycles. The highest BCUT2D eigenvalue weighted by Crippen LogP contribution is 2.27. The van der Waals surface area contributed by atoms with Gasteiger partial charge in [0.2, 0.25) is 0 Å². The van der Waals surface area contributed by atoms with Gasteiger partial charge in [-0.05, 0) is 43.5 Å². The number of ether oxygens (including phenoxy) is 1. The molecule has 0 spiro atoms. The van der Waals surface area contributed by atoms with Crippen molar-refractivity contribution in [3.05, 3.63) is 53.3 Å². The standard InChI is InChI=1S/C16H19NO3S/c1-12-3-7-15(8-4-12)21(18,19)17-10-9-13-5-6-14(20-2)11-16(13)17/h3-4,7-10,14H,5-6,11H2,1-2H3. The highest BCUT2D eigenvalue weighted by Gasteiger charge is 2.27. The maximum Gasteiger partial charge on any atom is 0.267 e. The van der Waals surface area contributed by atoms with Crippen molar-refractivity contribution in [2.45, 2.75) is 37.2 Å². The van der Waals surface area contributed by atoms with Gasteiger partial charge in [0, 0.05) is 25.4 Å². The van der Waals surface area contributed by atoms with Gasteiger partial charge >= 0.3 is 0 Å². The van der Waals surface area contributed by atoms with Crippen LogP contribution in [0.5, 0.6) is 0 Å². The second kappa shape index (κ2) is 5.31. The van der Waals surface area contributed by atoms with Gasteiger partial charge in [0.1, 0.15) is 0 Å². The third-order valence-electron chi connectivity index (χ3n) is 4.12. The summed E-state index contributed by atoms with van der Waals surface area (Å²) in [7, 11) is -1.85. The monoisotopic (exact) mass is 305 g/mol. The molecule has 1 heterocycles. The highest BCUT2D eigenvalue weighted by molar-refractivity contribution is 7.90. The van der Waals surface area contributed by atoms with Crippen LogP contribution in [-0.2, 0) is 27.6 Å². The second-order valence-electron chi connectivity index (χ2n) is 5.50. The predicted molar refractivity (Wildman–Crippen MR) is 81.0 cm³/mol. The van der Waals surface area contributed by atoms with E-state index >= 15 is 0 Å². The van der Waals surface area contributed by atoms with E-state index in [9.17, 15) is 8.42 Å². The smallest absolute Gasteiger partial charge is 0.267 e. The maximum atomic E-state index is 12.8. The van der Waals surface area contributed by atoms with E-state index in [1.165, 1.54) is 3.97 Å². The molecule has 1 atom stereocenters. The minimum absolute atomic E-state index is 0.0966. The third kappa shape index (κ3) is 2.51. The minimum Gasteiger partial charge on any atom is -0.381 e. The number of benzene rings is 1. The molecule has 5 heteroatoms. The van der Waals surface area contributed by atoms with E-state index in [0.29, 0.717) is 11.3 Å². The Bertz CT molecular complexity index is 744. The van der Waals surface area contributed by atoms with Crippen molar-refractivity contribution in [1.82, 2.24) is 3.97 Å². The zero-order valence-electron chi connectivity index (χ0n) is 12.2. The first-order chi connectivity index (χ1) is 10.0. The predicted octanol–water partition coefficient (Wildman–Crippen LogP) is 2.54. The summed E-state index contributed by atoms with van der Waals surface area (Å²) in [5.41, 5.74) is 3.01. The van der Waals surface area contributed by atoms with Gasteiger partial charge in [-0.3, -0.25) is 0 Å². The lowest BCUT2D eigenvalue weighted by Crippen LogP contribution is -2.25. The Morgan fingerprint density at radius 2 is 1.90 bits per heavy atom. The Morgan fingerprint density at radius 3 is 2.57 bits per heavy atom. The van der Waals surface area contributed by atoms with Crippen molar-refractivity contribution in [3.8, 4) is 0 Å². The summed E-state index contributed by atoms with van der Waals surface area (Å²) in [5.74, 6) is 0. The summed E-state index contributed by atoms with van der Waals surface area (Å²) in [6, 6.07) is 8.87. The fourth-order valence-corrected chi connectivity index (χ4v) is 4.23. The largest absolute Gasteiger partial charge is 0.381 e. The fraction of sp³-hybridized carbons (Fsp3) is 0.375. The number of methoxy groups -OCH3 is 1. The van der Waals surface area contributed by atoms with Crippen molar-refractivity contribution < 1.29 is 13.2 Å². The molecule has 0 fully saturated rings. The maximum absolute atomic E-state index is 12.8. The SMILES string of the molecule is COC1CCc2ccn(S(=O)(=O)c3ccc(C)cc3)c2C1. The Morgan fingerprint density at radius 1 is 1.19 bits per heavy atom. The lowest BCUT2D eigenvalue weighted by molar-refractivity contribution is 0.0901. The van der Waals surface area contributed by atoms with E-state index in [1.807, 2.05) is 25.1 Å². The average Bonchev–Trinajstić information content (AvgIpc) is 2.91. The molecule has 0 saturated carbocycles. The average molecular weight is 305 g/mol. The molecule has 0 bridgehead atoms. The van der Waals surface area contributed by atoms with Gasteiger partial charge in [-0.15, -0.1) is 0 Å². The Labute approximate surface area is 125 Å². The number of fused-ring (bicyclic) bond motifs is 1. The summed E-state index contributed by atoms with van der Waals surface area (Å²) >= 11 is 0. The quantitative estimate of drug-likeness (QED) is 0.875. The van der Waals surface area contributed by atoms with Gasteiger partial charge in [-0.2, -0.15) is 0 Å². The lowest BCUT2D eigenvalue weighted by atomic mass is 9.96. The lowest BCUT2D eigenvalue weighted by Gasteiger charge is -2.23. The van der Waals surface area contributed by atoms with Crippen molar-refractivity contribution in [3.63, 3.8) is 0 Å². The zero-order chi connectivity index (χ0) is 15.0. The molecule has 1 aliphatic carbocycles. The van der Waals surface area contributed by atoms with E-state index in [4.69, 9.17) is 4.74 Å². The van der Waals surface area contributed by atoms with Gasteiger partial charge in [0.05, 0.1) is 11.0 Å². The fourth-order valence-electron chi connectivity index (χ4n) is 2.82. The first-order valence-corrected chi connectivity index (χ1v) is 8.50. The summed E-state index contributed by atoms with van der Waals surface area (Å²) < 4.78 is 32.4. The number of aromatic nitrogens is 1. The molecule has 112 valence electrons. The van der Waals surface area contributed by atoms with Gasteiger partial charge in [-0.25, -0.2) is 12.4 Å². The van der Waals surface area contributed by atoms with Crippen LogP contribution in [0.3, 0.4) is 0 Å². The normalized spacial score (nSPS) is 18.5. The molecule has 0 saturated heterocycles. The summed E-state index contributed by atoms with van der Waals surface area (Å²) in [4.78, 5) is 0.325. The molecule has 1 unspecified atom stereocenters. The summed E-state index contributed by atoms with van der Waals surface area (Å²) in [6.07, 6.45) is 4.21. The first kappa shape index (κ1) is 14.4. The van der Waals surface area contributed by atoms with Crippen LogP contribution in [0.2, 0.25) is 0 Å². The highest BCUT2D eigenvalue weighted by atomic mass is 32.2. The number of nitrogens with zero attached hydrogens (tertiary/aromatic N) is 1. The molecule has 0 aliphatic heterocycles. The van der Waals surface area contributed by atoms with Crippen LogP contribution in [0.1, 0.15) is 23.2 Å². The van der Waals surface area contributed by atoms with E-state index in [1.54, 1.807) is 25.4 Å². The van der Waals surface area contributed by atoms with Crippen LogP contribution in [0.25, 0.3) is 0 Å². The first-order valence-electron chi connectivity index (χ1n) is 7.06. The van der Waals surface area contributed by atoms with Crippen LogP contribution in [0, 0.1) is 6.92 Å². The van der Waals surface area contributed by atoms with E-state index in [2.05, 4.69) is 0 Å². The minimum atomic E-state index is -3.52. The molecule has 0 amide bonds. The molecule has 1 aliphatic rings. The number of hydrogen-bond acceptors (Lipinski definition) is 3. The Balaban J connectivity index is 2.05. The van der Waals surface area contributed by atoms with Gasteiger partial charge in [0.25, 0.3) is 10.0 Å². The molecule has 21 heavy (non-hydrogen) atoms. The van der Waals surface area contributed by atoms with Crippen LogP contribution in [-0.4, -0.2) is 25.6 Å². The summed E-state index contributed by atoms with van der Waals surface area (Å²) in [5, 5.41) is 0. The van der Waals surface area contributed by atoms with Crippen LogP contribution in [0.4, 0.5) is 0 Å². The second-order valence-corrected chi connectivity index (χ2v) is 7.32. The molecule has 0 N–H and O–H groups in total. The molecule has 2 aromatic rings. The Kier molecular flexibility index (Phi) is 3.63. The molecule has 3 rings (SSSR count). The van der Waals surface area contributed by atoms with Gasteiger partial charge in [-0.1, -0.05) is 17.7 Å². The number of aryl methyl sites for hydroxylation is 2. The molecular formula is C16H19NO3S. The molecule has 1 aromatic carbocycles. The number of rotatable bonds is 3. The van der Waals surface area contributed by atoms with Crippen LogP contribution < -0.4 is 0 Å². The van der Waals surface area contributed by atoms with Gasteiger partial charge in [0.15, 0.2) is 0 Å². The van der Waals surface area contributed by atoms with E-state index in [-0.39, 0.29) is 6.10 Å². The third-order valence-corrected chi connectivity index (χ3v) is 5.84. The molecule has 0 radical (unpaired) electrons. The Hall–Kier alpha value is -1.59. The van der Waals surface area contributed by atoms with Crippen molar-refractivity contribution >= 4 is 10.0 Å². The van der Waals surface area contributed by atoms with Crippen molar-refractivity contribution in [2.24, 2.45) is 0 Å². The van der Waals surface area contributed by atoms with E-state index in [0.717, 1.165) is 29.7 Å².